The van der Waals surface area contributed by atoms with E-state index >= 15 is 0 Å². The van der Waals surface area contributed by atoms with Gasteiger partial charge < -0.3 is 15.8 Å². The zero-order chi connectivity index (χ0) is 14.4. The van der Waals surface area contributed by atoms with E-state index in [1.807, 2.05) is 35.7 Å². The van der Waals surface area contributed by atoms with Crippen molar-refractivity contribution < 1.29 is 9.53 Å². The molecule has 1 amide bonds. The van der Waals surface area contributed by atoms with Gasteiger partial charge in [-0.1, -0.05) is 30.3 Å². The van der Waals surface area contributed by atoms with Crippen molar-refractivity contribution >= 4 is 22.6 Å². The van der Waals surface area contributed by atoms with Crippen LogP contribution in [-0.4, -0.2) is 17.7 Å². The Kier molecular flexibility index (Phi) is 4.95. The number of alkyl carbamates (subject to hydrolysis) is 1. The number of nitrogens with zero attached hydrogens (tertiary/aromatic N) is 1. The number of hydrogen-bond acceptors (Lipinski definition) is 5. The van der Waals surface area contributed by atoms with Crippen LogP contribution in [0.5, 0.6) is 0 Å². The molecule has 0 radical (unpaired) electrons. The normalized spacial score (nSPS) is 11.8. The summed E-state index contributed by atoms with van der Waals surface area (Å²) in [5.74, 6) is 0. The van der Waals surface area contributed by atoms with Crippen LogP contribution >= 0.6 is 11.3 Å². The third-order valence-corrected chi connectivity index (χ3v) is 3.44. The van der Waals surface area contributed by atoms with E-state index in [1.165, 1.54) is 11.3 Å². The fraction of sp³-hybridized carbons (Fsp3) is 0.286. The molecule has 1 heterocycles. The molecule has 0 aliphatic rings. The Morgan fingerprint density at radius 3 is 2.80 bits per heavy atom. The molecule has 106 valence electrons. The summed E-state index contributed by atoms with van der Waals surface area (Å²) in [7, 11) is 0. The molecule has 0 aliphatic carbocycles. The van der Waals surface area contributed by atoms with E-state index < -0.39 is 6.09 Å². The molecule has 1 aromatic heterocycles. The lowest BCUT2D eigenvalue weighted by atomic mass is 10.0. The topological polar surface area (TPSA) is 77.2 Å². The lowest BCUT2D eigenvalue weighted by Gasteiger charge is -2.16. The number of thiazole rings is 1. The Morgan fingerprint density at radius 1 is 1.45 bits per heavy atom. The van der Waals surface area contributed by atoms with Crippen molar-refractivity contribution in [3.63, 3.8) is 0 Å². The number of nitrogens with two attached hydrogens (primary N) is 1. The predicted molar refractivity (Wildman–Crippen MR) is 79.6 cm³/mol. The number of hydrogen-bond donors (Lipinski definition) is 2. The number of nitrogen functional groups attached to an aromatic ring is 1. The minimum absolute atomic E-state index is 0.245. The van der Waals surface area contributed by atoms with E-state index in [2.05, 4.69) is 10.3 Å². The van der Waals surface area contributed by atoms with Gasteiger partial charge in [0.25, 0.3) is 0 Å². The monoisotopic (exact) mass is 291 g/mol. The van der Waals surface area contributed by atoms with E-state index in [0.717, 1.165) is 11.3 Å². The summed E-state index contributed by atoms with van der Waals surface area (Å²) >= 11 is 1.36. The minimum Gasteiger partial charge on any atom is -0.450 e. The Hall–Kier alpha value is -2.08. The zero-order valence-electron chi connectivity index (χ0n) is 11.2. The lowest BCUT2D eigenvalue weighted by molar-refractivity contribution is 0.147. The fourth-order valence-corrected chi connectivity index (χ4v) is 2.47. The van der Waals surface area contributed by atoms with Gasteiger partial charge in [0, 0.05) is 5.38 Å². The summed E-state index contributed by atoms with van der Waals surface area (Å²) in [6.07, 6.45) is 0.197. The van der Waals surface area contributed by atoms with E-state index in [1.54, 1.807) is 6.92 Å². The first-order valence-electron chi connectivity index (χ1n) is 6.37. The summed E-state index contributed by atoms with van der Waals surface area (Å²) in [5, 5.41) is 5.17. The second-order valence-corrected chi connectivity index (χ2v) is 5.11. The third kappa shape index (κ3) is 3.96. The summed E-state index contributed by atoms with van der Waals surface area (Å²) in [6.45, 7) is 2.11. The number of carbonyl (C=O) groups excluding carboxylic acids is 1. The molecule has 0 fully saturated rings. The van der Waals surface area contributed by atoms with Crippen LogP contribution in [-0.2, 0) is 11.2 Å². The highest BCUT2D eigenvalue weighted by atomic mass is 32.1. The van der Waals surface area contributed by atoms with Gasteiger partial charge in [0.15, 0.2) is 5.13 Å². The molecule has 0 saturated carbocycles. The van der Waals surface area contributed by atoms with Gasteiger partial charge in [0.05, 0.1) is 18.3 Å². The van der Waals surface area contributed by atoms with Crippen molar-refractivity contribution in [3.05, 3.63) is 47.0 Å². The highest BCUT2D eigenvalue weighted by Crippen LogP contribution is 2.22. The molecule has 1 aromatic carbocycles. The van der Waals surface area contributed by atoms with Crippen LogP contribution in [0, 0.1) is 0 Å². The minimum atomic E-state index is -0.444. The molecule has 1 unspecified atom stereocenters. The molecular weight excluding hydrogens is 274 g/mol. The number of carbonyl (C=O) groups is 1. The van der Waals surface area contributed by atoms with Gasteiger partial charge in [-0.25, -0.2) is 9.78 Å². The Balaban J connectivity index is 2.13. The second-order valence-electron chi connectivity index (χ2n) is 4.22. The first-order chi connectivity index (χ1) is 9.69. The largest absolute Gasteiger partial charge is 0.450 e. The number of aromatic nitrogens is 1. The maximum absolute atomic E-state index is 11.6. The van der Waals surface area contributed by atoms with Crippen molar-refractivity contribution in [2.75, 3.05) is 12.3 Å². The number of ether oxygens (including phenoxy) is 1. The average molecular weight is 291 g/mol. The van der Waals surface area contributed by atoms with Crippen LogP contribution in [0.1, 0.15) is 24.2 Å². The van der Waals surface area contributed by atoms with Crippen LogP contribution < -0.4 is 11.1 Å². The van der Waals surface area contributed by atoms with E-state index in [-0.39, 0.29) is 6.04 Å². The fourth-order valence-electron chi connectivity index (χ4n) is 1.86. The van der Waals surface area contributed by atoms with Crippen molar-refractivity contribution in [2.24, 2.45) is 0 Å². The molecule has 3 N–H and O–H groups in total. The Bertz CT molecular complexity index is 557. The number of nitrogens with one attached hydrogen (secondary N) is 1. The smallest absolute Gasteiger partial charge is 0.407 e. The van der Waals surface area contributed by atoms with Gasteiger partial charge in [-0.2, -0.15) is 0 Å². The number of anilines is 1. The van der Waals surface area contributed by atoms with Crippen molar-refractivity contribution in [1.29, 1.82) is 0 Å². The van der Waals surface area contributed by atoms with E-state index in [0.29, 0.717) is 18.2 Å². The van der Waals surface area contributed by atoms with Crippen LogP contribution in [0.25, 0.3) is 0 Å². The zero-order valence-corrected chi connectivity index (χ0v) is 12.0. The first kappa shape index (κ1) is 14.3. The standard InChI is InChI=1S/C14H17N3O2S/c1-2-19-14(18)17-11(12-9-20-13(15)16-12)8-10-6-4-3-5-7-10/h3-7,9,11H,2,8H2,1H3,(H2,15,16)(H,17,18). The maximum Gasteiger partial charge on any atom is 0.407 e. The average Bonchev–Trinajstić information content (AvgIpc) is 2.86. The van der Waals surface area contributed by atoms with E-state index in [4.69, 9.17) is 10.5 Å². The SMILES string of the molecule is CCOC(=O)NC(Cc1ccccc1)c1csc(N)n1. The molecule has 0 saturated heterocycles. The molecule has 1 atom stereocenters. The van der Waals surface area contributed by atoms with Gasteiger partial charge >= 0.3 is 6.09 Å². The molecule has 2 rings (SSSR count). The first-order valence-corrected chi connectivity index (χ1v) is 7.25. The molecule has 5 nitrogen and oxygen atoms in total. The van der Waals surface area contributed by atoms with Gasteiger partial charge in [0.1, 0.15) is 0 Å². The Morgan fingerprint density at radius 2 is 2.20 bits per heavy atom. The van der Waals surface area contributed by atoms with E-state index in [9.17, 15) is 4.79 Å². The molecule has 6 heteroatoms. The maximum atomic E-state index is 11.6. The van der Waals surface area contributed by atoms with Crippen LogP contribution in [0.2, 0.25) is 0 Å². The lowest BCUT2D eigenvalue weighted by Crippen LogP contribution is -2.30. The third-order valence-electron chi connectivity index (χ3n) is 2.75. The summed E-state index contributed by atoms with van der Waals surface area (Å²) in [6, 6.07) is 9.66. The predicted octanol–water partition coefficient (Wildman–Crippen LogP) is 2.76. The van der Waals surface area contributed by atoms with Gasteiger partial charge in [0.2, 0.25) is 0 Å². The molecule has 0 spiro atoms. The quantitative estimate of drug-likeness (QED) is 0.888. The van der Waals surface area contributed by atoms with Gasteiger partial charge in [-0.15, -0.1) is 11.3 Å². The number of amides is 1. The molecule has 0 aliphatic heterocycles. The van der Waals surface area contributed by atoms with Crippen LogP contribution in [0.3, 0.4) is 0 Å². The Labute approximate surface area is 121 Å². The number of benzene rings is 1. The molecule has 0 bridgehead atoms. The van der Waals surface area contributed by atoms with Crippen molar-refractivity contribution in [2.45, 2.75) is 19.4 Å². The number of rotatable bonds is 5. The van der Waals surface area contributed by atoms with Crippen LogP contribution in [0.15, 0.2) is 35.7 Å². The summed E-state index contributed by atoms with van der Waals surface area (Å²) in [4.78, 5) is 15.9. The highest BCUT2D eigenvalue weighted by Gasteiger charge is 2.18. The molecule has 2 aromatic rings. The van der Waals surface area contributed by atoms with Crippen LogP contribution in [0.4, 0.5) is 9.93 Å². The van der Waals surface area contributed by atoms with Crippen molar-refractivity contribution in [3.8, 4) is 0 Å². The van der Waals surface area contributed by atoms with Gasteiger partial charge in [-0.05, 0) is 18.9 Å². The highest BCUT2D eigenvalue weighted by molar-refractivity contribution is 7.13. The van der Waals surface area contributed by atoms with Gasteiger partial charge in [-0.3, -0.25) is 0 Å². The summed E-state index contributed by atoms with van der Waals surface area (Å²) < 4.78 is 4.93. The summed E-state index contributed by atoms with van der Waals surface area (Å²) in [5.41, 5.74) is 7.53. The van der Waals surface area contributed by atoms with Crippen molar-refractivity contribution in [1.82, 2.24) is 10.3 Å². The molecule has 20 heavy (non-hydrogen) atoms. The molecular formula is C14H17N3O2S. The second kappa shape index (κ2) is 6.91.